The summed E-state index contributed by atoms with van der Waals surface area (Å²) in [4.78, 5) is 18.9. The molecule has 0 N–H and O–H groups in total. The van der Waals surface area contributed by atoms with E-state index >= 15 is 0 Å². The summed E-state index contributed by atoms with van der Waals surface area (Å²) >= 11 is 7.68. The number of amides is 1. The fourth-order valence-corrected chi connectivity index (χ4v) is 4.71. The lowest BCUT2D eigenvalue weighted by atomic mass is 10.1. The maximum atomic E-state index is 12.7. The van der Waals surface area contributed by atoms with Crippen LogP contribution in [0.1, 0.15) is 30.2 Å². The van der Waals surface area contributed by atoms with Gasteiger partial charge in [0.1, 0.15) is 5.76 Å². The minimum atomic E-state index is -0.836. The average molecular weight is 479 g/mol. The molecule has 7 nitrogen and oxygen atoms in total. The molecule has 1 atom stereocenters. The average Bonchev–Trinajstić information content (AvgIpc) is 3.18. The van der Waals surface area contributed by atoms with Crippen LogP contribution < -0.4 is 9.64 Å². The number of carbonyl (C=O) groups excluding carboxylic acids is 1. The Balaban J connectivity index is 1.57. The maximum Gasteiger partial charge on any atom is 0.247 e. The monoisotopic (exact) mass is 478 g/mol. The summed E-state index contributed by atoms with van der Waals surface area (Å²) in [5.41, 5.74) is 2.79. The van der Waals surface area contributed by atoms with E-state index in [4.69, 9.17) is 20.8 Å². The van der Waals surface area contributed by atoms with Crippen LogP contribution in [-0.2, 0) is 10.5 Å². The van der Waals surface area contributed by atoms with Crippen LogP contribution in [0.15, 0.2) is 70.2 Å². The van der Waals surface area contributed by atoms with Gasteiger partial charge in [-0.3, -0.25) is 9.69 Å². The predicted octanol–water partition coefficient (Wildman–Crippen LogP) is 5.83. The topological polar surface area (TPSA) is 81.4 Å². The molecule has 166 valence electrons. The summed E-state index contributed by atoms with van der Waals surface area (Å²) in [5.74, 6) is 1.87. The minimum Gasteiger partial charge on any atom is -0.460 e. The molecule has 0 saturated carbocycles. The number of anilines is 1. The Labute approximate surface area is 199 Å². The molecule has 1 amide bonds. The van der Waals surface area contributed by atoms with Gasteiger partial charge < -0.3 is 9.15 Å². The Kier molecular flexibility index (Phi) is 5.78. The van der Waals surface area contributed by atoms with Gasteiger partial charge >= 0.3 is 0 Å². The number of aryl methyl sites for hydroxylation is 1. The van der Waals surface area contributed by atoms with Crippen molar-refractivity contribution < 1.29 is 13.9 Å². The first kappa shape index (κ1) is 21.5. The second-order valence-corrected chi connectivity index (χ2v) is 8.80. The van der Waals surface area contributed by atoms with E-state index in [-0.39, 0.29) is 11.8 Å². The number of nitrogens with zero attached hydrogens (tertiary/aromatic N) is 4. The molecule has 9 heteroatoms. The maximum absolute atomic E-state index is 12.7. The van der Waals surface area contributed by atoms with Crippen molar-refractivity contribution in [1.82, 2.24) is 15.2 Å². The zero-order valence-electron chi connectivity index (χ0n) is 17.9. The van der Waals surface area contributed by atoms with Crippen molar-refractivity contribution >= 4 is 35.0 Å². The Hall–Kier alpha value is -3.36. The number of fused-ring (bicyclic) bond motifs is 3. The third kappa shape index (κ3) is 4.19. The molecule has 33 heavy (non-hydrogen) atoms. The van der Waals surface area contributed by atoms with Gasteiger partial charge in [0.25, 0.3) is 0 Å². The number of benzene rings is 2. The van der Waals surface area contributed by atoms with E-state index in [0.717, 1.165) is 5.56 Å². The van der Waals surface area contributed by atoms with Crippen molar-refractivity contribution in [2.75, 3.05) is 4.90 Å². The zero-order valence-corrected chi connectivity index (χ0v) is 19.4. The molecule has 0 fully saturated rings. The fourth-order valence-electron chi connectivity index (χ4n) is 3.64. The Morgan fingerprint density at radius 2 is 1.88 bits per heavy atom. The van der Waals surface area contributed by atoms with Crippen LogP contribution in [0.4, 0.5) is 5.69 Å². The molecule has 3 heterocycles. The number of ether oxygens (including phenoxy) is 1. The number of thioether (sulfide) groups is 1. The predicted molar refractivity (Wildman–Crippen MR) is 126 cm³/mol. The smallest absolute Gasteiger partial charge is 0.247 e. The fraction of sp³-hybridized carbons (Fsp3) is 0.167. The molecule has 0 unspecified atom stereocenters. The van der Waals surface area contributed by atoms with Gasteiger partial charge in [-0.2, -0.15) is 4.98 Å². The van der Waals surface area contributed by atoms with Gasteiger partial charge in [0.2, 0.25) is 23.2 Å². The Bertz CT molecular complexity index is 1340. The van der Waals surface area contributed by atoms with E-state index in [2.05, 4.69) is 15.2 Å². The standard InChI is InChI=1S/C24H19ClN4O3S/c1-14-11-12-20(31-14)23-29(15(2)30)19-10-6-4-8-17(19)21-22(32-23)26-24(28-27-21)33-13-16-7-3-5-9-18(16)25/h3-12,23H,13H2,1-2H3/t23-/m1/s1. The Morgan fingerprint density at radius 1 is 1.09 bits per heavy atom. The van der Waals surface area contributed by atoms with Crippen LogP contribution in [0.2, 0.25) is 5.02 Å². The molecule has 0 spiro atoms. The van der Waals surface area contributed by atoms with E-state index in [0.29, 0.717) is 44.4 Å². The number of carbonyl (C=O) groups is 1. The highest BCUT2D eigenvalue weighted by Gasteiger charge is 2.36. The molecule has 1 aliphatic rings. The Morgan fingerprint density at radius 3 is 2.64 bits per heavy atom. The van der Waals surface area contributed by atoms with Crippen molar-refractivity contribution in [3.8, 4) is 17.1 Å². The van der Waals surface area contributed by atoms with Crippen LogP contribution >= 0.6 is 23.4 Å². The molecule has 2 aromatic carbocycles. The summed E-state index contributed by atoms with van der Waals surface area (Å²) in [5, 5.41) is 9.85. The highest BCUT2D eigenvalue weighted by Crippen LogP contribution is 2.43. The summed E-state index contributed by atoms with van der Waals surface area (Å²) in [6, 6.07) is 18.7. The summed E-state index contributed by atoms with van der Waals surface area (Å²) < 4.78 is 12.1. The van der Waals surface area contributed by atoms with Gasteiger partial charge in [0.15, 0.2) is 11.5 Å². The first-order valence-corrected chi connectivity index (χ1v) is 11.6. The number of aromatic nitrogens is 3. The van der Waals surface area contributed by atoms with Crippen LogP contribution in [-0.4, -0.2) is 21.1 Å². The lowest BCUT2D eigenvalue weighted by Gasteiger charge is -2.28. The van der Waals surface area contributed by atoms with Gasteiger partial charge in [0.05, 0.1) is 5.69 Å². The van der Waals surface area contributed by atoms with Gasteiger partial charge in [-0.1, -0.05) is 59.8 Å². The normalized spacial score (nSPS) is 14.8. The number of para-hydroxylation sites is 1. The van der Waals surface area contributed by atoms with E-state index < -0.39 is 6.23 Å². The minimum absolute atomic E-state index is 0.199. The summed E-state index contributed by atoms with van der Waals surface area (Å²) in [7, 11) is 0. The molecule has 0 radical (unpaired) electrons. The molecule has 1 aliphatic heterocycles. The number of hydrogen-bond acceptors (Lipinski definition) is 7. The molecule has 0 saturated heterocycles. The number of hydrogen-bond donors (Lipinski definition) is 0. The lowest BCUT2D eigenvalue weighted by molar-refractivity contribution is -0.118. The first-order valence-electron chi connectivity index (χ1n) is 10.2. The quantitative estimate of drug-likeness (QED) is 0.341. The van der Waals surface area contributed by atoms with Crippen molar-refractivity contribution in [2.45, 2.75) is 31.0 Å². The van der Waals surface area contributed by atoms with E-state index in [1.165, 1.54) is 18.7 Å². The molecule has 2 aromatic heterocycles. The van der Waals surface area contributed by atoms with E-state index in [1.54, 1.807) is 11.0 Å². The van der Waals surface area contributed by atoms with Crippen molar-refractivity contribution in [3.05, 3.63) is 82.8 Å². The highest BCUT2D eigenvalue weighted by molar-refractivity contribution is 7.98. The molecular weight excluding hydrogens is 460 g/mol. The zero-order chi connectivity index (χ0) is 22.9. The SMILES string of the molecule is CC(=O)N1c2ccccc2-c2nnc(SCc3ccccc3Cl)nc2O[C@@H]1c1ccc(C)o1. The molecule has 0 bridgehead atoms. The molecular formula is C24H19ClN4O3S. The highest BCUT2D eigenvalue weighted by atomic mass is 35.5. The third-order valence-corrected chi connectivity index (χ3v) is 6.43. The number of rotatable bonds is 4. The molecule has 5 rings (SSSR count). The van der Waals surface area contributed by atoms with E-state index in [9.17, 15) is 4.79 Å². The summed E-state index contributed by atoms with van der Waals surface area (Å²) in [6.45, 7) is 3.33. The summed E-state index contributed by atoms with van der Waals surface area (Å²) in [6.07, 6.45) is -0.836. The van der Waals surface area contributed by atoms with Gasteiger partial charge in [0, 0.05) is 23.3 Å². The first-order chi connectivity index (χ1) is 16.0. The second-order valence-electron chi connectivity index (χ2n) is 7.45. The van der Waals surface area contributed by atoms with Gasteiger partial charge in [-0.05, 0) is 36.8 Å². The van der Waals surface area contributed by atoms with Crippen LogP contribution in [0.25, 0.3) is 11.3 Å². The van der Waals surface area contributed by atoms with Crippen molar-refractivity contribution in [1.29, 1.82) is 0 Å². The lowest BCUT2D eigenvalue weighted by Crippen LogP contribution is -2.35. The van der Waals surface area contributed by atoms with Crippen molar-refractivity contribution in [2.24, 2.45) is 0 Å². The van der Waals surface area contributed by atoms with Crippen molar-refractivity contribution in [3.63, 3.8) is 0 Å². The second kappa shape index (κ2) is 8.88. The molecule has 0 aliphatic carbocycles. The molecule has 4 aromatic rings. The van der Waals surface area contributed by atoms with Crippen LogP contribution in [0, 0.1) is 6.92 Å². The number of furan rings is 1. The van der Waals surface area contributed by atoms with Crippen LogP contribution in [0.3, 0.4) is 0 Å². The van der Waals surface area contributed by atoms with Crippen LogP contribution in [0.5, 0.6) is 5.88 Å². The largest absolute Gasteiger partial charge is 0.460 e. The van der Waals surface area contributed by atoms with Gasteiger partial charge in [-0.25, -0.2) is 0 Å². The third-order valence-electron chi connectivity index (χ3n) is 5.17. The number of halogens is 1. The van der Waals surface area contributed by atoms with Gasteiger partial charge in [-0.15, -0.1) is 10.2 Å². The van der Waals surface area contributed by atoms with E-state index in [1.807, 2.05) is 61.5 Å².